The summed E-state index contributed by atoms with van der Waals surface area (Å²) in [5, 5.41) is 10.8. The molecule has 0 aromatic carbocycles. The number of aryl methyl sites for hydroxylation is 1. The fourth-order valence-corrected chi connectivity index (χ4v) is 2.76. The number of carbonyl (C=O) groups excluding carboxylic acids is 1. The highest BCUT2D eigenvalue weighted by Crippen LogP contribution is 2.27. The van der Waals surface area contributed by atoms with Crippen molar-refractivity contribution in [3.05, 3.63) is 29.2 Å². The molecule has 22 heavy (non-hydrogen) atoms. The molecule has 2 aromatic rings. The molecule has 7 nitrogen and oxygen atoms in total. The molecule has 0 unspecified atom stereocenters. The molecule has 118 valence electrons. The highest BCUT2D eigenvalue weighted by Gasteiger charge is 2.29. The van der Waals surface area contributed by atoms with Gasteiger partial charge in [0.25, 0.3) is 5.91 Å². The van der Waals surface area contributed by atoms with Crippen molar-refractivity contribution in [1.29, 1.82) is 0 Å². The fraction of sp³-hybridized carbons (Fsp3) is 0.600. The topological polar surface area (TPSA) is 87.9 Å². The minimum absolute atomic E-state index is 0.0172. The first-order chi connectivity index (χ1) is 10.6. The third-order valence-corrected chi connectivity index (χ3v) is 4.09. The second kappa shape index (κ2) is 5.90. The van der Waals surface area contributed by atoms with Crippen molar-refractivity contribution in [3.8, 4) is 0 Å². The first-order valence-corrected chi connectivity index (χ1v) is 7.69. The van der Waals surface area contributed by atoms with E-state index in [2.05, 4.69) is 20.3 Å². The van der Waals surface area contributed by atoms with Crippen LogP contribution in [0.5, 0.6) is 0 Å². The van der Waals surface area contributed by atoms with Crippen LogP contribution in [0.3, 0.4) is 0 Å². The fourth-order valence-electron chi connectivity index (χ4n) is 2.76. The number of amides is 1. The smallest absolute Gasteiger partial charge is 0.257 e. The number of aromatic nitrogens is 4. The third kappa shape index (κ3) is 2.75. The van der Waals surface area contributed by atoms with E-state index in [-0.39, 0.29) is 17.7 Å². The molecule has 1 saturated heterocycles. The van der Waals surface area contributed by atoms with E-state index in [1.807, 2.05) is 25.7 Å². The molecule has 0 aliphatic carbocycles. The van der Waals surface area contributed by atoms with Crippen molar-refractivity contribution in [2.75, 3.05) is 13.1 Å². The van der Waals surface area contributed by atoms with Crippen LogP contribution in [0.1, 0.15) is 66.3 Å². The van der Waals surface area contributed by atoms with E-state index < -0.39 is 0 Å². The van der Waals surface area contributed by atoms with Gasteiger partial charge in [-0.15, -0.1) is 0 Å². The third-order valence-electron chi connectivity index (χ3n) is 4.09. The minimum Gasteiger partial charge on any atom is -0.339 e. The van der Waals surface area contributed by atoms with Gasteiger partial charge in [-0.25, -0.2) is 0 Å². The van der Waals surface area contributed by atoms with Gasteiger partial charge in [-0.2, -0.15) is 10.1 Å². The van der Waals surface area contributed by atoms with Crippen LogP contribution in [-0.2, 0) is 0 Å². The number of nitrogens with zero attached hydrogens (tertiary/aromatic N) is 4. The molecule has 1 amide bonds. The van der Waals surface area contributed by atoms with Crippen LogP contribution in [0, 0.1) is 6.92 Å². The van der Waals surface area contributed by atoms with Crippen LogP contribution in [0.15, 0.2) is 10.7 Å². The first kappa shape index (κ1) is 14.7. The summed E-state index contributed by atoms with van der Waals surface area (Å²) < 4.78 is 5.29. The van der Waals surface area contributed by atoms with Gasteiger partial charge in [-0.05, 0) is 19.8 Å². The van der Waals surface area contributed by atoms with Crippen LogP contribution in [-0.4, -0.2) is 44.2 Å². The Morgan fingerprint density at radius 1 is 1.50 bits per heavy atom. The van der Waals surface area contributed by atoms with Gasteiger partial charge in [-0.1, -0.05) is 19.0 Å². The van der Waals surface area contributed by atoms with E-state index in [1.54, 1.807) is 6.20 Å². The highest BCUT2D eigenvalue weighted by molar-refractivity contribution is 5.95. The second-order valence-electron chi connectivity index (χ2n) is 6.14. The number of hydrogen-bond donors (Lipinski definition) is 1. The maximum atomic E-state index is 12.6. The molecule has 1 aliphatic rings. The number of likely N-dealkylation sites (tertiary alicyclic amines) is 1. The Morgan fingerprint density at radius 3 is 2.95 bits per heavy atom. The van der Waals surface area contributed by atoms with Crippen molar-refractivity contribution < 1.29 is 9.32 Å². The summed E-state index contributed by atoms with van der Waals surface area (Å²) in [5.41, 5.74) is 1.44. The standard InChI is InChI=1S/C15H21N5O2/c1-9(2)14-17-13(19-22-14)11-5-4-6-20(8-11)15(21)12-7-16-18-10(12)3/h7,9,11H,4-6,8H2,1-3H3,(H,16,18)/t11-/m1/s1. The lowest BCUT2D eigenvalue weighted by atomic mass is 9.96. The van der Waals surface area contributed by atoms with Crippen molar-refractivity contribution >= 4 is 5.91 Å². The lowest BCUT2D eigenvalue weighted by molar-refractivity contribution is 0.0703. The highest BCUT2D eigenvalue weighted by atomic mass is 16.5. The van der Waals surface area contributed by atoms with Gasteiger partial charge in [0.15, 0.2) is 5.82 Å². The Balaban J connectivity index is 1.73. The summed E-state index contributed by atoms with van der Waals surface area (Å²) in [7, 11) is 0. The molecule has 0 bridgehead atoms. The van der Waals surface area contributed by atoms with Crippen molar-refractivity contribution in [2.24, 2.45) is 0 Å². The van der Waals surface area contributed by atoms with Crippen LogP contribution in [0.4, 0.5) is 0 Å². The molecular formula is C15H21N5O2. The second-order valence-corrected chi connectivity index (χ2v) is 6.14. The number of rotatable bonds is 3. The Bertz CT molecular complexity index is 660. The molecule has 1 aliphatic heterocycles. The Kier molecular flexibility index (Phi) is 3.96. The molecule has 3 rings (SSSR count). The Morgan fingerprint density at radius 2 is 2.32 bits per heavy atom. The summed E-state index contributed by atoms with van der Waals surface area (Å²) in [6, 6.07) is 0. The quantitative estimate of drug-likeness (QED) is 0.939. The van der Waals surface area contributed by atoms with Gasteiger partial charge >= 0.3 is 0 Å². The molecular weight excluding hydrogens is 282 g/mol. The van der Waals surface area contributed by atoms with Crippen molar-refractivity contribution in [1.82, 2.24) is 25.2 Å². The SMILES string of the molecule is Cc1[nH]ncc1C(=O)N1CCC[C@@H](c2noc(C(C)C)n2)C1. The van der Waals surface area contributed by atoms with E-state index in [0.717, 1.165) is 25.1 Å². The molecule has 0 radical (unpaired) electrons. The molecule has 7 heteroatoms. The largest absolute Gasteiger partial charge is 0.339 e. The first-order valence-electron chi connectivity index (χ1n) is 7.69. The van der Waals surface area contributed by atoms with Crippen LogP contribution < -0.4 is 0 Å². The molecule has 0 saturated carbocycles. The Hall–Kier alpha value is -2.18. The molecule has 0 spiro atoms. The van der Waals surface area contributed by atoms with E-state index in [4.69, 9.17) is 4.52 Å². The monoisotopic (exact) mass is 303 g/mol. The summed E-state index contributed by atoms with van der Waals surface area (Å²) in [5.74, 6) is 1.75. The van der Waals surface area contributed by atoms with Crippen molar-refractivity contribution in [3.63, 3.8) is 0 Å². The number of nitrogens with one attached hydrogen (secondary N) is 1. The van der Waals surface area contributed by atoms with Gasteiger partial charge in [0.2, 0.25) is 5.89 Å². The molecule has 1 fully saturated rings. The Labute approximate surface area is 129 Å². The van der Waals surface area contributed by atoms with Crippen LogP contribution in [0.25, 0.3) is 0 Å². The number of piperidine rings is 1. The molecule has 1 atom stereocenters. The zero-order chi connectivity index (χ0) is 15.7. The maximum Gasteiger partial charge on any atom is 0.257 e. The maximum absolute atomic E-state index is 12.6. The minimum atomic E-state index is 0.0172. The average molecular weight is 303 g/mol. The van der Waals surface area contributed by atoms with Crippen LogP contribution >= 0.6 is 0 Å². The summed E-state index contributed by atoms with van der Waals surface area (Å²) in [6.45, 7) is 7.29. The van der Waals surface area contributed by atoms with Gasteiger partial charge < -0.3 is 9.42 Å². The lowest BCUT2D eigenvalue weighted by Crippen LogP contribution is -2.39. The number of carbonyl (C=O) groups is 1. The van der Waals surface area contributed by atoms with E-state index >= 15 is 0 Å². The molecule has 2 aromatic heterocycles. The summed E-state index contributed by atoms with van der Waals surface area (Å²) >= 11 is 0. The number of aromatic amines is 1. The normalized spacial score (nSPS) is 18.9. The van der Waals surface area contributed by atoms with Gasteiger partial charge in [-0.3, -0.25) is 9.89 Å². The zero-order valence-electron chi connectivity index (χ0n) is 13.2. The predicted molar refractivity (Wildman–Crippen MR) is 79.6 cm³/mol. The van der Waals surface area contributed by atoms with E-state index in [0.29, 0.717) is 23.8 Å². The summed E-state index contributed by atoms with van der Waals surface area (Å²) in [6.07, 6.45) is 3.51. The zero-order valence-corrected chi connectivity index (χ0v) is 13.2. The van der Waals surface area contributed by atoms with E-state index in [9.17, 15) is 4.79 Å². The van der Waals surface area contributed by atoms with Gasteiger partial charge in [0, 0.05) is 30.6 Å². The van der Waals surface area contributed by atoms with E-state index in [1.165, 1.54) is 0 Å². The lowest BCUT2D eigenvalue weighted by Gasteiger charge is -2.31. The summed E-state index contributed by atoms with van der Waals surface area (Å²) in [4.78, 5) is 18.9. The predicted octanol–water partition coefficient (Wildman–Crippen LogP) is 2.24. The molecule has 3 heterocycles. The van der Waals surface area contributed by atoms with Crippen LogP contribution in [0.2, 0.25) is 0 Å². The van der Waals surface area contributed by atoms with Gasteiger partial charge in [0.05, 0.1) is 11.8 Å². The average Bonchev–Trinajstić information content (AvgIpc) is 3.15. The number of H-pyrrole nitrogens is 1. The number of hydrogen-bond acceptors (Lipinski definition) is 5. The van der Waals surface area contributed by atoms with Crippen molar-refractivity contribution in [2.45, 2.75) is 45.4 Å². The molecule has 1 N–H and O–H groups in total. The van der Waals surface area contributed by atoms with Gasteiger partial charge in [0.1, 0.15) is 0 Å².